The molecule has 1 aliphatic rings. The molecule has 1 aromatic carbocycles. The highest BCUT2D eigenvalue weighted by Crippen LogP contribution is 2.23. The van der Waals surface area contributed by atoms with E-state index in [1.54, 1.807) is 11.8 Å². The predicted molar refractivity (Wildman–Crippen MR) is 93.7 cm³/mol. The van der Waals surface area contributed by atoms with Gasteiger partial charge < -0.3 is 9.64 Å². The summed E-state index contributed by atoms with van der Waals surface area (Å²) in [5.74, 6) is 0.380. The maximum atomic E-state index is 12.3. The Morgan fingerprint density at radius 3 is 2.78 bits per heavy atom. The molecule has 0 bridgehead atoms. The lowest BCUT2D eigenvalue weighted by Gasteiger charge is -2.16. The second-order valence-electron chi connectivity index (χ2n) is 6.06. The summed E-state index contributed by atoms with van der Waals surface area (Å²) in [4.78, 5) is 25.4. The molecule has 4 nitrogen and oxygen atoms in total. The fourth-order valence-electron chi connectivity index (χ4n) is 2.70. The second-order valence-corrected chi connectivity index (χ2v) is 7.34. The summed E-state index contributed by atoms with van der Waals surface area (Å²) in [6, 6.07) is 6.39. The number of hydrogen-bond acceptors (Lipinski definition) is 4. The van der Waals surface area contributed by atoms with Crippen LogP contribution < -0.4 is 0 Å². The molecule has 0 N–H and O–H groups in total. The number of likely N-dealkylation sites (tertiary alicyclic amines) is 1. The van der Waals surface area contributed by atoms with Crippen molar-refractivity contribution in [1.29, 1.82) is 0 Å². The van der Waals surface area contributed by atoms with Gasteiger partial charge in [-0.1, -0.05) is 18.2 Å². The minimum absolute atomic E-state index is 0.200. The van der Waals surface area contributed by atoms with Crippen LogP contribution in [0.2, 0.25) is 0 Å². The van der Waals surface area contributed by atoms with Crippen molar-refractivity contribution < 1.29 is 14.3 Å². The van der Waals surface area contributed by atoms with Crippen LogP contribution in [0.1, 0.15) is 29.5 Å². The number of rotatable bonds is 6. The maximum Gasteiger partial charge on any atom is 0.315 e. The highest BCUT2D eigenvalue weighted by Gasteiger charge is 2.26. The van der Waals surface area contributed by atoms with Gasteiger partial charge in [0.15, 0.2) is 0 Å². The number of ether oxygens (including phenoxy) is 1. The van der Waals surface area contributed by atoms with Gasteiger partial charge in [-0.15, -0.1) is 11.8 Å². The number of thioether (sulfide) groups is 1. The van der Waals surface area contributed by atoms with Crippen LogP contribution in [-0.2, 0) is 20.7 Å². The molecule has 2 rings (SSSR count). The van der Waals surface area contributed by atoms with E-state index in [4.69, 9.17) is 0 Å². The monoisotopic (exact) mass is 335 g/mol. The lowest BCUT2D eigenvalue weighted by atomic mass is 10.0. The highest BCUT2D eigenvalue weighted by molar-refractivity contribution is 8.00. The van der Waals surface area contributed by atoms with Crippen LogP contribution in [0, 0.1) is 13.8 Å². The standard InChI is InChI=1S/C18H25NO3S/c1-13-4-5-15(10-14(13)2)6-7-17(20)19-9-8-16(11-19)23-12-18(21)22-3/h4-5,10,16H,6-9,11-12H2,1-3H3. The van der Waals surface area contributed by atoms with E-state index < -0.39 is 0 Å². The zero-order chi connectivity index (χ0) is 16.8. The summed E-state index contributed by atoms with van der Waals surface area (Å²) in [6.07, 6.45) is 2.30. The van der Waals surface area contributed by atoms with E-state index in [1.807, 2.05) is 4.90 Å². The summed E-state index contributed by atoms with van der Waals surface area (Å²) in [7, 11) is 1.40. The Morgan fingerprint density at radius 1 is 1.30 bits per heavy atom. The van der Waals surface area contributed by atoms with Crippen LogP contribution in [0.25, 0.3) is 0 Å². The molecule has 0 aliphatic carbocycles. The van der Waals surface area contributed by atoms with Crippen LogP contribution in [0.3, 0.4) is 0 Å². The van der Waals surface area contributed by atoms with E-state index in [9.17, 15) is 9.59 Å². The number of nitrogens with zero attached hydrogens (tertiary/aromatic N) is 1. The molecule has 126 valence electrons. The molecule has 0 aromatic heterocycles. The summed E-state index contributed by atoms with van der Waals surface area (Å²) in [6.45, 7) is 5.74. The van der Waals surface area contributed by atoms with Crippen LogP contribution in [0.15, 0.2) is 18.2 Å². The molecule has 0 radical (unpaired) electrons. The third-order valence-electron chi connectivity index (χ3n) is 4.36. The SMILES string of the molecule is COC(=O)CSC1CCN(C(=O)CCc2ccc(C)c(C)c2)C1. The molecule has 1 saturated heterocycles. The van der Waals surface area contributed by atoms with E-state index in [0.29, 0.717) is 17.4 Å². The third kappa shape index (κ3) is 5.27. The molecule has 1 amide bonds. The van der Waals surface area contributed by atoms with Crippen LogP contribution in [0.4, 0.5) is 0 Å². The third-order valence-corrected chi connectivity index (χ3v) is 5.62. The number of amides is 1. The van der Waals surface area contributed by atoms with E-state index in [2.05, 4.69) is 36.8 Å². The number of hydrogen-bond donors (Lipinski definition) is 0. The molecule has 1 aromatic rings. The summed E-state index contributed by atoms with van der Waals surface area (Å²) in [5.41, 5.74) is 3.78. The second kappa shape index (κ2) is 8.39. The molecule has 1 fully saturated rings. The van der Waals surface area contributed by atoms with E-state index in [1.165, 1.54) is 23.8 Å². The topological polar surface area (TPSA) is 46.6 Å². The van der Waals surface area contributed by atoms with E-state index in [0.717, 1.165) is 25.9 Å². The molecule has 5 heteroatoms. The number of aryl methyl sites for hydroxylation is 3. The molecule has 23 heavy (non-hydrogen) atoms. The van der Waals surface area contributed by atoms with Gasteiger partial charge in [0.05, 0.1) is 12.9 Å². The normalized spacial score (nSPS) is 17.3. The van der Waals surface area contributed by atoms with Gasteiger partial charge in [-0.05, 0) is 43.4 Å². The largest absolute Gasteiger partial charge is 0.468 e. The quantitative estimate of drug-likeness (QED) is 0.750. The van der Waals surface area contributed by atoms with Gasteiger partial charge >= 0.3 is 5.97 Å². The van der Waals surface area contributed by atoms with Gasteiger partial charge in [-0.2, -0.15) is 0 Å². The van der Waals surface area contributed by atoms with Crippen molar-refractivity contribution in [2.45, 2.75) is 38.4 Å². The Labute approximate surface area is 142 Å². The van der Waals surface area contributed by atoms with Crippen LogP contribution >= 0.6 is 11.8 Å². The lowest BCUT2D eigenvalue weighted by Crippen LogP contribution is -2.29. The van der Waals surface area contributed by atoms with Crippen molar-refractivity contribution >= 4 is 23.6 Å². The highest BCUT2D eigenvalue weighted by atomic mass is 32.2. The smallest absolute Gasteiger partial charge is 0.315 e. The first kappa shape index (κ1) is 17.9. The Balaban J connectivity index is 1.76. The first-order valence-corrected chi connectivity index (χ1v) is 9.07. The lowest BCUT2D eigenvalue weighted by molar-refractivity contribution is -0.137. The van der Waals surface area contributed by atoms with Crippen molar-refractivity contribution in [2.24, 2.45) is 0 Å². The molecule has 0 saturated carbocycles. The van der Waals surface area contributed by atoms with Crippen LogP contribution in [0.5, 0.6) is 0 Å². The molecule has 1 aliphatic heterocycles. The zero-order valence-electron chi connectivity index (χ0n) is 14.1. The molecular weight excluding hydrogens is 310 g/mol. The van der Waals surface area contributed by atoms with Crippen molar-refractivity contribution in [1.82, 2.24) is 4.90 Å². The summed E-state index contributed by atoms with van der Waals surface area (Å²) >= 11 is 1.59. The first-order valence-electron chi connectivity index (χ1n) is 8.02. The maximum absolute atomic E-state index is 12.3. The number of carbonyl (C=O) groups excluding carboxylic acids is 2. The van der Waals surface area contributed by atoms with Crippen molar-refractivity contribution in [2.75, 3.05) is 26.0 Å². The summed E-state index contributed by atoms with van der Waals surface area (Å²) in [5, 5.41) is 0.347. The minimum atomic E-state index is -0.200. The Hall–Kier alpha value is -1.49. The van der Waals surface area contributed by atoms with Gasteiger partial charge in [-0.3, -0.25) is 9.59 Å². The van der Waals surface area contributed by atoms with Gasteiger partial charge in [0.1, 0.15) is 0 Å². The Kier molecular flexibility index (Phi) is 6.51. The predicted octanol–water partition coefficient (Wildman–Crippen LogP) is 2.74. The van der Waals surface area contributed by atoms with Crippen molar-refractivity contribution in [3.05, 3.63) is 34.9 Å². The molecular formula is C18H25NO3S. The fraction of sp³-hybridized carbons (Fsp3) is 0.556. The Bertz CT molecular complexity index is 573. The van der Waals surface area contributed by atoms with Gasteiger partial charge in [0.25, 0.3) is 0 Å². The average Bonchev–Trinajstić information content (AvgIpc) is 3.02. The molecule has 0 spiro atoms. The summed E-state index contributed by atoms with van der Waals surface area (Å²) < 4.78 is 4.65. The van der Waals surface area contributed by atoms with Crippen molar-refractivity contribution in [3.63, 3.8) is 0 Å². The van der Waals surface area contributed by atoms with Gasteiger partial charge in [0.2, 0.25) is 5.91 Å². The number of carbonyl (C=O) groups is 2. The zero-order valence-corrected chi connectivity index (χ0v) is 14.9. The van der Waals surface area contributed by atoms with Crippen LogP contribution in [-0.4, -0.2) is 48.0 Å². The van der Waals surface area contributed by atoms with Crippen molar-refractivity contribution in [3.8, 4) is 0 Å². The van der Waals surface area contributed by atoms with E-state index in [-0.39, 0.29) is 11.9 Å². The number of methoxy groups -OCH3 is 1. The number of esters is 1. The fourth-order valence-corrected chi connectivity index (χ4v) is 3.75. The van der Waals surface area contributed by atoms with Gasteiger partial charge in [0, 0.05) is 24.8 Å². The molecule has 1 heterocycles. The molecule has 1 unspecified atom stereocenters. The first-order chi connectivity index (χ1) is 11.0. The number of benzene rings is 1. The Morgan fingerprint density at radius 2 is 2.09 bits per heavy atom. The van der Waals surface area contributed by atoms with E-state index >= 15 is 0 Å². The van der Waals surface area contributed by atoms with Gasteiger partial charge in [-0.25, -0.2) is 0 Å². The minimum Gasteiger partial charge on any atom is -0.468 e. The molecule has 1 atom stereocenters. The average molecular weight is 335 g/mol.